The third kappa shape index (κ3) is 14.4. The number of nitrogens with zero attached hydrogens (tertiary/aromatic N) is 1. The average molecular weight is 589 g/mol. The van der Waals surface area contributed by atoms with Crippen LogP contribution in [-0.2, 0) is 11.2 Å². The zero-order valence-electron chi connectivity index (χ0n) is 25.9. The lowest BCUT2D eigenvalue weighted by Gasteiger charge is -2.39. The fourth-order valence-corrected chi connectivity index (χ4v) is 6.08. The Hall–Kier alpha value is -2.35. The van der Waals surface area contributed by atoms with Crippen molar-refractivity contribution in [1.29, 1.82) is 0 Å². The fraction of sp³-hybridized carbons (Fsp3) is 0.588. The molecule has 41 heavy (non-hydrogen) atoms. The Morgan fingerprint density at radius 2 is 0.829 bits per heavy atom. The summed E-state index contributed by atoms with van der Waals surface area (Å²) < 4.78 is 13.7. The normalized spacial score (nSPS) is 11.3. The summed E-state index contributed by atoms with van der Waals surface area (Å²) in [6.07, 6.45) is 16.9. The van der Waals surface area contributed by atoms with E-state index in [4.69, 9.17) is 10.2 Å². The van der Waals surface area contributed by atoms with Gasteiger partial charge in [0.2, 0.25) is 0 Å². The van der Waals surface area contributed by atoms with Crippen LogP contribution in [-0.4, -0.2) is 57.4 Å². The number of benzene rings is 2. The molecule has 2 rings (SSSR count). The first-order valence-corrected chi connectivity index (χ1v) is 16.8. The largest absolute Gasteiger partial charge is 0.606 e. The molecule has 0 atom stereocenters. The van der Waals surface area contributed by atoms with E-state index in [0.717, 1.165) is 0 Å². The molecule has 0 heterocycles. The molecule has 2 aromatic rings. The van der Waals surface area contributed by atoms with Crippen LogP contribution in [0.1, 0.15) is 125 Å². The van der Waals surface area contributed by atoms with Gasteiger partial charge >= 0.3 is 11.9 Å². The van der Waals surface area contributed by atoms with Crippen molar-refractivity contribution in [3.8, 4) is 0 Å². The molecule has 0 saturated heterocycles. The Kier molecular flexibility index (Phi) is 19.1. The maximum atomic E-state index is 12.2. The van der Waals surface area contributed by atoms with Crippen molar-refractivity contribution < 1.29 is 28.8 Å². The third-order valence-electron chi connectivity index (χ3n) is 7.57. The fourth-order valence-electron chi connectivity index (χ4n) is 5.04. The van der Waals surface area contributed by atoms with E-state index in [2.05, 4.69) is 27.7 Å². The van der Waals surface area contributed by atoms with Crippen LogP contribution < -0.4 is 0 Å². The van der Waals surface area contributed by atoms with E-state index < -0.39 is 23.1 Å². The lowest BCUT2D eigenvalue weighted by atomic mass is 10.1. The van der Waals surface area contributed by atoms with Gasteiger partial charge in [0, 0.05) is 11.2 Å². The van der Waals surface area contributed by atoms with Crippen molar-refractivity contribution in [2.24, 2.45) is 0 Å². The molecular formula is C34H54NO5S+. The zero-order valence-corrected chi connectivity index (χ0v) is 26.7. The number of hydrogen-bond acceptors (Lipinski definition) is 3. The highest BCUT2D eigenvalue weighted by Gasteiger charge is 2.25. The Morgan fingerprint density at radius 1 is 0.561 bits per heavy atom. The second kappa shape index (κ2) is 21.4. The summed E-state index contributed by atoms with van der Waals surface area (Å²) in [5.74, 6) is -2.10. The average Bonchev–Trinajstić information content (AvgIpc) is 2.98. The number of rotatable bonds is 20. The standard InChI is InChI=1S/C20H44N.C14H10O5S/c1-5-9-13-17-21(18-14-10-6-2,19-15-11-7-3)20-16-12-8-4;15-13(16)9-1-5-11(6-2-9)20(19)12-7-3-10(4-8-12)14(17)18/h5-20H2,1-4H3;1-8H,(H,15,16)(H,17,18)/q+1;. The molecule has 0 aromatic heterocycles. The van der Waals surface area contributed by atoms with Crippen molar-refractivity contribution in [3.05, 3.63) is 59.7 Å². The van der Waals surface area contributed by atoms with E-state index in [1.807, 2.05) is 0 Å². The Balaban J connectivity index is 0.000000410. The molecule has 0 aliphatic heterocycles. The monoisotopic (exact) mass is 588 g/mol. The van der Waals surface area contributed by atoms with Gasteiger partial charge in [0.1, 0.15) is 0 Å². The number of aromatic carboxylic acids is 2. The van der Waals surface area contributed by atoms with Crippen LogP contribution in [0.4, 0.5) is 0 Å². The predicted octanol–water partition coefficient (Wildman–Crippen LogP) is 8.81. The van der Waals surface area contributed by atoms with Crippen molar-refractivity contribution >= 4 is 23.1 Å². The van der Waals surface area contributed by atoms with E-state index >= 15 is 0 Å². The lowest BCUT2D eigenvalue weighted by molar-refractivity contribution is -0.929. The molecule has 0 fully saturated rings. The first kappa shape index (κ1) is 36.7. The number of carbonyl (C=O) groups is 2. The minimum atomic E-state index is -1.48. The quantitative estimate of drug-likeness (QED) is 0.0915. The van der Waals surface area contributed by atoms with Gasteiger partial charge in [-0.1, -0.05) is 53.4 Å². The van der Waals surface area contributed by atoms with Gasteiger partial charge in [0.05, 0.1) is 37.3 Å². The minimum Gasteiger partial charge on any atom is -0.606 e. The highest BCUT2D eigenvalue weighted by Crippen LogP contribution is 2.22. The lowest BCUT2D eigenvalue weighted by Crippen LogP contribution is -2.50. The first-order valence-electron chi connectivity index (χ1n) is 15.7. The molecule has 0 radical (unpaired) electrons. The van der Waals surface area contributed by atoms with Crippen LogP contribution in [0.5, 0.6) is 0 Å². The molecule has 0 amide bonds. The smallest absolute Gasteiger partial charge is 0.335 e. The van der Waals surface area contributed by atoms with Gasteiger partial charge < -0.3 is 19.2 Å². The van der Waals surface area contributed by atoms with Crippen molar-refractivity contribution in [3.63, 3.8) is 0 Å². The summed E-state index contributed by atoms with van der Waals surface area (Å²) in [4.78, 5) is 22.4. The van der Waals surface area contributed by atoms with Gasteiger partial charge in [0.25, 0.3) is 0 Å². The number of quaternary nitrogens is 1. The minimum absolute atomic E-state index is 0.118. The van der Waals surface area contributed by atoms with Gasteiger partial charge in [-0.15, -0.1) is 0 Å². The molecular weight excluding hydrogens is 534 g/mol. The van der Waals surface area contributed by atoms with Crippen LogP contribution in [0.15, 0.2) is 58.3 Å². The summed E-state index contributed by atoms with van der Waals surface area (Å²) >= 11 is -1.48. The number of unbranched alkanes of at least 4 members (excludes halogenated alkanes) is 8. The predicted molar refractivity (Wildman–Crippen MR) is 169 cm³/mol. The summed E-state index contributed by atoms with van der Waals surface area (Å²) in [6, 6.07) is 11.4. The Labute approximate surface area is 251 Å². The summed E-state index contributed by atoms with van der Waals surface area (Å²) in [6.45, 7) is 15.1. The molecule has 2 aromatic carbocycles. The Morgan fingerprint density at radius 3 is 1.05 bits per heavy atom. The number of hydrogen-bond donors (Lipinski definition) is 2. The van der Waals surface area contributed by atoms with E-state index in [9.17, 15) is 14.1 Å². The maximum absolute atomic E-state index is 12.2. The summed E-state index contributed by atoms with van der Waals surface area (Å²) in [5.41, 5.74) is 0.235. The molecule has 7 heteroatoms. The summed E-state index contributed by atoms with van der Waals surface area (Å²) in [7, 11) is 0. The summed E-state index contributed by atoms with van der Waals surface area (Å²) in [5, 5.41) is 17.6. The number of carboxylic acid groups (broad SMARTS) is 2. The second-order valence-corrected chi connectivity index (χ2v) is 12.5. The van der Waals surface area contributed by atoms with E-state index in [-0.39, 0.29) is 11.1 Å². The van der Waals surface area contributed by atoms with Crippen LogP contribution in [0.3, 0.4) is 0 Å². The Bertz CT molecular complexity index is 875. The van der Waals surface area contributed by atoms with Gasteiger partial charge in [0.15, 0.2) is 9.79 Å². The zero-order chi connectivity index (χ0) is 30.5. The molecule has 0 bridgehead atoms. The van der Waals surface area contributed by atoms with Crippen molar-refractivity contribution in [1.82, 2.24) is 0 Å². The van der Waals surface area contributed by atoms with Gasteiger partial charge in [-0.2, -0.15) is 0 Å². The molecule has 0 unspecified atom stereocenters. The van der Waals surface area contributed by atoms with Crippen LogP contribution >= 0.6 is 0 Å². The van der Waals surface area contributed by atoms with E-state index in [1.165, 1.54) is 156 Å². The maximum Gasteiger partial charge on any atom is 0.335 e. The molecule has 2 N–H and O–H groups in total. The van der Waals surface area contributed by atoms with Crippen molar-refractivity contribution in [2.45, 2.75) is 115 Å². The SMILES string of the molecule is CCCCC[N+](CCCCC)(CCCCC)CCCCC.O=C(O)c1ccc([S+]([O-])c2ccc(C(=O)O)cc2)cc1. The molecule has 0 saturated carbocycles. The van der Waals surface area contributed by atoms with Gasteiger partial charge in [-0.3, -0.25) is 0 Å². The first-order chi connectivity index (χ1) is 19.7. The van der Waals surface area contributed by atoms with E-state index in [0.29, 0.717) is 9.79 Å². The van der Waals surface area contributed by atoms with Crippen LogP contribution in [0.2, 0.25) is 0 Å². The molecule has 0 aliphatic carbocycles. The molecule has 0 aliphatic rings. The second-order valence-electron chi connectivity index (χ2n) is 11.0. The van der Waals surface area contributed by atoms with Crippen molar-refractivity contribution in [2.75, 3.05) is 26.2 Å². The van der Waals surface area contributed by atoms with E-state index in [1.54, 1.807) is 0 Å². The highest BCUT2D eigenvalue weighted by atomic mass is 32.2. The van der Waals surface area contributed by atoms with Crippen LogP contribution in [0, 0.1) is 0 Å². The molecule has 0 spiro atoms. The van der Waals surface area contributed by atoms with Crippen LogP contribution in [0.25, 0.3) is 0 Å². The number of carboxylic acids is 2. The molecule has 230 valence electrons. The topological polar surface area (TPSA) is 97.7 Å². The van der Waals surface area contributed by atoms with Gasteiger partial charge in [-0.25, -0.2) is 9.59 Å². The van der Waals surface area contributed by atoms with Gasteiger partial charge in [-0.05, 0) is 99.9 Å². The highest BCUT2D eigenvalue weighted by molar-refractivity contribution is 7.91. The molecule has 6 nitrogen and oxygen atoms in total. The third-order valence-corrected chi connectivity index (χ3v) is 8.98.